The van der Waals surface area contributed by atoms with Gasteiger partial charge >= 0.3 is 48.4 Å². The molecule has 0 radical (unpaired) electrons. The van der Waals surface area contributed by atoms with Gasteiger partial charge in [-0.1, -0.05) is 0 Å². The third-order valence-corrected chi connectivity index (χ3v) is 1.48. The van der Waals surface area contributed by atoms with Gasteiger partial charge in [-0.25, -0.2) is 0 Å². The van der Waals surface area contributed by atoms with Gasteiger partial charge in [0, 0.05) is 0 Å². The number of allylic oxidation sites excluding steroid dienone is 4. The van der Waals surface area contributed by atoms with Crippen molar-refractivity contribution in [3.63, 3.8) is 0 Å². The maximum absolute atomic E-state index is 2.16. The molecule has 0 bridgehead atoms. The zero-order chi connectivity index (χ0) is 4.41. The SMILES string of the molecule is Cl.[Mo][C]1=CC=CC1. The summed E-state index contributed by atoms with van der Waals surface area (Å²) in [7, 11) is 0. The van der Waals surface area contributed by atoms with Crippen molar-refractivity contribution in [2.24, 2.45) is 0 Å². The average molecular weight is 197 g/mol. The molecule has 39 valence electrons. The molecule has 1 aliphatic carbocycles. The Morgan fingerprint density at radius 1 is 1.57 bits per heavy atom. The van der Waals surface area contributed by atoms with Crippen molar-refractivity contribution >= 4 is 12.4 Å². The van der Waals surface area contributed by atoms with E-state index in [0.717, 1.165) is 0 Å². The summed E-state index contributed by atoms with van der Waals surface area (Å²) in [6, 6.07) is 0. The predicted octanol–water partition coefficient (Wildman–Crippen LogP) is 1.80. The summed E-state index contributed by atoms with van der Waals surface area (Å²) in [5.41, 5.74) is 0. The molecule has 0 saturated carbocycles. The van der Waals surface area contributed by atoms with E-state index < -0.39 is 0 Å². The molecule has 2 heteroatoms. The fourth-order valence-electron chi connectivity index (χ4n) is 0.428. The zero-order valence-corrected chi connectivity index (χ0v) is 6.58. The molecule has 1 aliphatic rings. The minimum atomic E-state index is 0. The van der Waals surface area contributed by atoms with E-state index in [-0.39, 0.29) is 12.4 Å². The number of hydrogen-bond donors (Lipinski definition) is 0. The molecule has 0 N–H and O–H groups in total. The van der Waals surface area contributed by atoms with Crippen molar-refractivity contribution in [2.75, 3.05) is 0 Å². The van der Waals surface area contributed by atoms with Gasteiger partial charge in [-0.15, -0.1) is 12.4 Å². The molecule has 0 unspecified atom stereocenters. The van der Waals surface area contributed by atoms with Gasteiger partial charge < -0.3 is 0 Å². The Balaban J connectivity index is 0.000000360. The third kappa shape index (κ3) is 2.31. The molecule has 0 aromatic heterocycles. The Bertz CT molecular complexity index is 105. The Morgan fingerprint density at radius 3 is 2.43 bits per heavy atom. The van der Waals surface area contributed by atoms with Crippen LogP contribution in [0.25, 0.3) is 0 Å². The topological polar surface area (TPSA) is 0 Å². The van der Waals surface area contributed by atoms with Crippen molar-refractivity contribution in [3.8, 4) is 0 Å². The van der Waals surface area contributed by atoms with E-state index in [1.54, 1.807) is 0 Å². The van der Waals surface area contributed by atoms with E-state index in [0.29, 0.717) is 0 Å². The summed E-state index contributed by atoms with van der Waals surface area (Å²) in [5.74, 6) is 0. The van der Waals surface area contributed by atoms with Gasteiger partial charge in [0.2, 0.25) is 0 Å². The molecule has 0 fully saturated rings. The van der Waals surface area contributed by atoms with E-state index in [1.807, 2.05) is 0 Å². The van der Waals surface area contributed by atoms with E-state index in [4.69, 9.17) is 0 Å². The molecule has 0 aliphatic heterocycles. The molecule has 0 amide bonds. The molecule has 0 atom stereocenters. The molecule has 1 rings (SSSR count). The first kappa shape index (κ1) is 7.46. The van der Waals surface area contributed by atoms with Crippen LogP contribution in [0.15, 0.2) is 22.2 Å². The number of rotatable bonds is 0. The second-order valence-corrected chi connectivity index (χ2v) is 2.55. The molecule has 0 saturated heterocycles. The predicted molar refractivity (Wildman–Crippen MR) is 29.1 cm³/mol. The van der Waals surface area contributed by atoms with Crippen molar-refractivity contribution < 1.29 is 19.8 Å². The van der Waals surface area contributed by atoms with Gasteiger partial charge in [-0.2, -0.15) is 0 Å². The Kier molecular flexibility index (Phi) is 3.69. The summed E-state index contributed by atoms with van der Waals surface area (Å²) in [4.78, 5) is 0. The Labute approximate surface area is 61.0 Å². The van der Waals surface area contributed by atoms with Crippen molar-refractivity contribution in [1.29, 1.82) is 0 Å². The third-order valence-electron chi connectivity index (χ3n) is 0.737. The van der Waals surface area contributed by atoms with E-state index in [2.05, 4.69) is 38.0 Å². The molecule has 0 spiro atoms. The first-order valence-electron chi connectivity index (χ1n) is 1.92. The van der Waals surface area contributed by atoms with Crippen LogP contribution in [0.5, 0.6) is 0 Å². The van der Waals surface area contributed by atoms with E-state index >= 15 is 0 Å². The Hall–Kier alpha value is 0.458. The molecule has 0 aromatic rings. The zero-order valence-electron chi connectivity index (χ0n) is 3.76. The molecule has 7 heavy (non-hydrogen) atoms. The van der Waals surface area contributed by atoms with Crippen LogP contribution in [0.3, 0.4) is 0 Å². The van der Waals surface area contributed by atoms with Gasteiger partial charge in [0.25, 0.3) is 0 Å². The number of halogens is 1. The summed E-state index contributed by atoms with van der Waals surface area (Å²) >= 11 is 2.07. The van der Waals surface area contributed by atoms with Crippen LogP contribution in [0, 0.1) is 0 Å². The van der Waals surface area contributed by atoms with Crippen molar-refractivity contribution in [2.45, 2.75) is 6.42 Å². The second kappa shape index (κ2) is 3.46. The quantitative estimate of drug-likeness (QED) is 0.520. The minimum absolute atomic E-state index is 0. The van der Waals surface area contributed by atoms with Crippen molar-refractivity contribution in [3.05, 3.63) is 22.2 Å². The van der Waals surface area contributed by atoms with Gasteiger partial charge in [0.1, 0.15) is 0 Å². The van der Waals surface area contributed by atoms with Crippen LogP contribution in [0.2, 0.25) is 0 Å². The summed E-state index contributed by atoms with van der Waals surface area (Å²) < 4.78 is 1.48. The molecule has 0 aromatic carbocycles. The van der Waals surface area contributed by atoms with Gasteiger partial charge in [0.15, 0.2) is 0 Å². The number of hydrogen-bond acceptors (Lipinski definition) is 0. The maximum atomic E-state index is 2.16. The summed E-state index contributed by atoms with van der Waals surface area (Å²) in [6.45, 7) is 0. The normalized spacial score (nSPS) is 15.7. The molecular formula is C5H6ClMo. The van der Waals surface area contributed by atoms with Crippen LogP contribution in [0.1, 0.15) is 6.42 Å². The Morgan fingerprint density at radius 2 is 2.29 bits per heavy atom. The van der Waals surface area contributed by atoms with E-state index in [9.17, 15) is 0 Å². The molecule has 0 heterocycles. The molecule has 0 nitrogen and oxygen atoms in total. The van der Waals surface area contributed by atoms with Crippen LogP contribution >= 0.6 is 12.4 Å². The average Bonchev–Trinajstić information content (AvgIpc) is 1.86. The van der Waals surface area contributed by atoms with Gasteiger partial charge in [0.05, 0.1) is 0 Å². The monoisotopic (exact) mass is 199 g/mol. The van der Waals surface area contributed by atoms with Crippen LogP contribution in [-0.2, 0) is 19.8 Å². The van der Waals surface area contributed by atoms with Crippen LogP contribution < -0.4 is 0 Å². The standard InChI is InChI=1S/C5H5.ClH.Mo/c1-2-4-5-3-1;;/h1-3H,4H2;1H;. The fourth-order valence-corrected chi connectivity index (χ4v) is 0.857. The second-order valence-electron chi connectivity index (χ2n) is 1.27. The fraction of sp³-hybridized carbons (Fsp3) is 0.200. The van der Waals surface area contributed by atoms with Gasteiger partial charge in [-0.05, 0) is 0 Å². The van der Waals surface area contributed by atoms with Crippen LogP contribution in [0.4, 0.5) is 0 Å². The van der Waals surface area contributed by atoms with Crippen LogP contribution in [-0.4, -0.2) is 0 Å². The van der Waals surface area contributed by atoms with Crippen molar-refractivity contribution in [1.82, 2.24) is 0 Å². The molecular weight excluding hydrogens is 191 g/mol. The first-order valence-corrected chi connectivity index (χ1v) is 2.92. The van der Waals surface area contributed by atoms with E-state index in [1.165, 1.54) is 10.4 Å². The summed E-state index contributed by atoms with van der Waals surface area (Å²) in [6.07, 6.45) is 7.57. The summed E-state index contributed by atoms with van der Waals surface area (Å²) in [5, 5.41) is 0. The van der Waals surface area contributed by atoms with Gasteiger partial charge in [-0.3, -0.25) is 0 Å². The first-order chi connectivity index (χ1) is 2.89.